The van der Waals surface area contributed by atoms with Gasteiger partial charge in [0.15, 0.2) is 0 Å². The molecule has 0 aromatic heterocycles. The molecule has 2 amide bonds. The van der Waals surface area contributed by atoms with Crippen LogP contribution >= 0.6 is 11.8 Å². The molecule has 0 saturated carbocycles. The summed E-state index contributed by atoms with van der Waals surface area (Å²) in [6.45, 7) is 6.32. The highest BCUT2D eigenvalue weighted by atomic mass is 32.2. The van der Waals surface area contributed by atoms with Crippen molar-refractivity contribution in [3.8, 4) is 0 Å². The number of nitrogens with zero attached hydrogens (tertiary/aromatic N) is 2. The molecule has 1 aromatic rings. The maximum absolute atomic E-state index is 13.2. The summed E-state index contributed by atoms with van der Waals surface area (Å²) in [5, 5.41) is 2.60. The fourth-order valence-corrected chi connectivity index (χ4v) is 6.92. The number of anilines is 1. The molecule has 0 aliphatic carbocycles. The minimum atomic E-state index is -3.66. The third-order valence-corrected chi connectivity index (χ3v) is 9.36. The predicted molar refractivity (Wildman–Crippen MR) is 117 cm³/mol. The van der Waals surface area contributed by atoms with Crippen molar-refractivity contribution >= 4 is 39.3 Å². The number of piperidine rings is 2. The standard InChI is InChI=1S/C21H29N3O4S2/c1-14-4-3-9-23(13-14)21(26)16-7-10-24(11-8-16)30(27,28)17-5-6-19-18(12-17)22-20(25)15(2)29-19/h5-6,12,14-16H,3-4,7-11,13H2,1-2H3,(H,22,25)/t14-,15-/m1/s1. The monoisotopic (exact) mass is 451 g/mol. The molecular formula is C21H29N3O4S2. The number of sulfonamides is 1. The number of thioether (sulfide) groups is 1. The second-order valence-electron chi connectivity index (χ2n) is 8.62. The molecule has 9 heteroatoms. The first kappa shape index (κ1) is 21.6. The van der Waals surface area contributed by atoms with Gasteiger partial charge in [0.1, 0.15) is 0 Å². The topological polar surface area (TPSA) is 86.8 Å². The highest BCUT2D eigenvalue weighted by Gasteiger charge is 2.35. The fourth-order valence-electron chi connectivity index (χ4n) is 4.49. The zero-order valence-electron chi connectivity index (χ0n) is 17.5. The lowest BCUT2D eigenvalue weighted by molar-refractivity contribution is -0.138. The van der Waals surface area contributed by atoms with Crippen molar-refractivity contribution in [2.45, 2.75) is 54.6 Å². The van der Waals surface area contributed by atoms with E-state index in [1.54, 1.807) is 18.2 Å². The highest BCUT2D eigenvalue weighted by Crippen LogP contribution is 2.37. The summed E-state index contributed by atoms with van der Waals surface area (Å²) in [6, 6.07) is 4.92. The Morgan fingerprint density at radius 1 is 1.13 bits per heavy atom. The molecule has 30 heavy (non-hydrogen) atoms. The molecular weight excluding hydrogens is 422 g/mol. The maximum atomic E-state index is 13.2. The molecule has 0 spiro atoms. The molecule has 2 atom stereocenters. The van der Waals surface area contributed by atoms with E-state index < -0.39 is 10.0 Å². The number of likely N-dealkylation sites (tertiary alicyclic amines) is 1. The minimum Gasteiger partial charge on any atom is -0.342 e. The van der Waals surface area contributed by atoms with E-state index in [1.807, 2.05) is 11.8 Å². The Balaban J connectivity index is 1.42. The van der Waals surface area contributed by atoms with Gasteiger partial charge in [-0.15, -0.1) is 11.8 Å². The second kappa shape index (κ2) is 8.51. The van der Waals surface area contributed by atoms with Crippen molar-refractivity contribution in [2.75, 3.05) is 31.5 Å². The summed E-state index contributed by atoms with van der Waals surface area (Å²) < 4.78 is 27.8. The van der Waals surface area contributed by atoms with Crippen molar-refractivity contribution in [1.82, 2.24) is 9.21 Å². The lowest BCUT2D eigenvalue weighted by atomic mass is 9.93. The number of benzene rings is 1. The molecule has 164 valence electrons. The number of rotatable bonds is 3. The quantitative estimate of drug-likeness (QED) is 0.764. The Hall–Kier alpha value is -1.58. The van der Waals surface area contributed by atoms with Crippen LogP contribution in [0.4, 0.5) is 5.69 Å². The SMILES string of the molecule is C[C@@H]1CCCN(C(=O)C2CCN(S(=O)(=O)c3ccc4c(c3)NC(=O)[C@@H](C)S4)CC2)C1. The van der Waals surface area contributed by atoms with Crippen molar-refractivity contribution in [1.29, 1.82) is 0 Å². The summed E-state index contributed by atoms with van der Waals surface area (Å²) in [7, 11) is -3.66. The number of hydrogen-bond acceptors (Lipinski definition) is 5. The summed E-state index contributed by atoms with van der Waals surface area (Å²) in [5.74, 6) is 0.505. The smallest absolute Gasteiger partial charge is 0.243 e. The van der Waals surface area contributed by atoms with Crippen molar-refractivity contribution in [3.63, 3.8) is 0 Å². The first-order valence-corrected chi connectivity index (χ1v) is 13.0. The van der Waals surface area contributed by atoms with Crippen LogP contribution in [0, 0.1) is 11.8 Å². The molecule has 2 fully saturated rings. The average molecular weight is 452 g/mol. The van der Waals surface area contributed by atoms with E-state index in [4.69, 9.17) is 0 Å². The van der Waals surface area contributed by atoms with Crippen molar-refractivity contribution in [2.24, 2.45) is 11.8 Å². The van der Waals surface area contributed by atoms with Crippen molar-refractivity contribution < 1.29 is 18.0 Å². The van der Waals surface area contributed by atoms with Crippen LogP contribution in [0.5, 0.6) is 0 Å². The molecule has 0 radical (unpaired) electrons. The van der Waals surface area contributed by atoms with Gasteiger partial charge in [0.2, 0.25) is 21.8 Å². The zero-order chi connectivity index (χ0) is 21.5. The van der Waals surface area contributed by atoms with Crippen LogP contribution < -0.4 is 5.32 Å². The van der Waals surface area contributed by atoms with E-state index >= 15 is 0 Å². The first-order valence-electron chi connectivity index (χ1n) is 10.7. The van der Waals surface area contributed by atoms with Crippen LogP contribution in [0.3, 0.4) is 0 Å². The maximum Gasteiger partial charge on any atom is 0.243 e. The Morgan fingerprint density at radius 2 is 1.87 bits per heavy atom. The Kier molecular flexibility index (Phi) is 6.14. The van der Waals surface area contributed by atoms with Crippen LogP contribution in [-0.2, 0) is 19.6 Å². The number of fused-ring (bicyclic) bond motifs is 1. The van der Waals surface area contributed by atoms with Gasteiger partial charge in [-0.2, -0.15) is 4.31 Å². The lowest BCUT2D eigenvalue weighted by Gasteiger charge is -2.36. The van der Waals surface area contributed by atoms with Gasteiger partial charge in [0.05, 0.1) is 15.8 Å². The largest absolute Gasteiger partial charge is 0.342 e. The van der Waals surface area contributed by atoms with Crippen LogP contribution in [0.15, 0.2) is 28.0 Å². The normalized spacial score (nSPS) is 26.2. The van der Waals surface area contributed by atoms with Gasteiger partial charge in [-0.1, -0.05) is 6.92 Å². The Bertz CT molecular complexity index is 942. The number of nitrogens with one attached hydrogen (secondary N) is 1. The minimum absolute atomic E-state index is 0.0949. The van der Waals surface area contributed by atoms with Gasteiger partial charge in [-0.25, -0.2) is 8.42 Å². The first-order chi connectivity index (χ1) is 14.3. The number of amides is 2. The second-order valence-corrected chi connectivity index (χ2v) is 11.9. The summed E-state index contributed by atoms with van der Waals surface area (Å²) in [6.07, 6.45) is 3.32. The molecule has 4 rings (SSSR count). The van der Waals surface area contributed by atoms with Crippen LogP contribution in [0.25, 0.3) is 0 Å². The Labute approximate surface area is 182 Å². The summed E-state index contributed by atoms with van der Waals surface area (Å²) in [4.78, 5) is 27.8. The lowest BCUT2D eigenvalue weighted by Crippen LogP contribution is -2.46. The molecule has 3 aliphatic heterocycles. The van der Waals surface area contributed by atoms with Gasteiger partial charge >= 0.3 is 0 Å². The molecule has 2 saturated heterocycles. The molecule has 3 aliphatic rings. The summed E-state index contributed by atoms with van der Waals surface area (Å²) in [5.41, 5.74) is 0.549. The van der Waals surface area contributed by atoms with Gasteiger partial charge < -0.3 is 10.2 Å². The number of carbonyl (C=O) groups is 2. The van der Waals surface area contributed by atoms with Gasteiger partial charge in [0.25, 0.3) is 0 Å². The summed E-state index contributed by atoms with van der Waals surface area (Å²) >= 11 is 1.43. The predicted octanol–water partition coefficient (Wildman–Crippen LogP) is 2.78. The van der Waals surface area contributed by atoms with E-state index in [0.29, 0.717) is 37.5 Å². The molecule has 3 heterocycles. The molecule has 1 N–H and O–H groups in total. The third-order valence-electron chi connectivity index (χ3n) is 6.29. The molecule has 1 aromatic carbocycles. The van der Waals surface area contributed by atoms with E-state index in [2.05, 4.69) is 12.2 Å². The van der Waals surface area contributed by atoms with E-state index in [-0.39, 0.29) is 27.9 Å². The zero-order valence-corrected chi connectivity index (χ0v) is 19.1. The number of hydrogen-bond donors (Lipinski definition) is 1. The average Bonchev–Trinajstić information content (AvgIpc) is 2.74. The van der Waals surface area contributed by atoms with Crippen molar-refractivity contribution in [3.05, 3.63) is 18.2 Å². The molecule has 7 nitrogen and oxygen atoms in total. The molecule has 0 bridgehead atoms. The van der Waals surface area contributed by atoms with Gasteiger partial charge in [0, 0.05) is 37.0 Å². The Morgan fingerprint density at radius 3 is 2.57 bits per heavy atom. The highest BCUT2D eigenvalue weighted by molar-refractivity contribution is 8.01. The van der Waals surface area contributed by atoms with E-state index in [0.717, 1.165) is 24.4 Å². The fraction of sp³-hybridized carbons (Fsp3) is 0.619. The van der Waals surface area contributed by atoms with Crippen LogP contribution in [0.2, 0.25) is 0 Å². The third kappa shape index (κ3) is 4.24. The number of carbonyl (C=O) groups excluding carboxylic acids is 2. The van der Waals surface area contributed by atoms with Gasteiger partial charge in [-0.05, 0) is 56.7 Å². The van der Waals surface area contributed by atoms with E-state index in [1.165, 1.54) is 22.5 Å². The van der Waals surface area contributed by atoms with Gasteiger partial charge in [-0.3, -0.25) is 9.59 Å². The van der Waals surface area contributed by atoms with Crippen LogP contribution in [0.1, 0.15) is 39.5 Å². The van der Waals surface area contributed by atoms with Crippen LogP contribution in [-0.4, -0.2) is 60.9 Å². The van der Waals surface area contributed by atoms with E-state index in [9.17, 15) is 18.0 Å². The molecule has 0 unspecified atom stereocenters.